The number of carbonyl (C=O) groups excluding carboxylic acids is 3. The van der Waals surface area contributed by atoms with E-state index in [-0.39, 0.29) is 28.5 Å². The number of para-hydroxylation sites is 1. The van der Waals surface area contributed by atoms with E-state index in [2.05, 4.69) is 5.32 Å². The van der Waals surface area contributed by atoms with Crippen LogP contribution in [0.25, 0.3) is 6.08 Å². The molecule has 1 aliphatic heterocycles. The second-order valence-corrected chi connectivity index (χ2v) is 7.68. The number of anilines is 1. The molecule has 34 heavy (non-hydrogen) atoms. The van der Waals surface area contributed by atoms with Gasteiger partial charge in [0.1, 0.15) is 17.9 Å². The highest BCUT2D eigenvalue weighted by atomic mass is 35.5. The maximum absolute atomic E-state index is 13.0. The molecule has 2 N–H and O–H groups in total. The predicted octanol–water partition coefficient (Wildman–Crippen LogP) is 4.28. The monoisotopic (exact) mass is 476 g/mol. The summed E-state index contributed by atoms with van der Waals surface area (Å²) >= 11 is 6.13. The highest BCUT2D eigenvalue weighted by Gasteiger charge is 2.37. The fraction of sp³-hybridized carbons (Fsp3) is 0.0400. The standard InChI is InChI=1S/C25H17ClN2O6/c26-20-3-1-2-4-21(20)28-23(30)19(22(29)27-25(28)33)13-15-7-11-18(12-8-15)34-14-16-5-9-17(10-6-16)24(31)32/h1-13H,14H2,(H,31,32)(H,27,29,33)/b19-13+. The van der Waals surface area contributed by atoms with Crippen molar-refractivity contribution < 1.29 is 29.0 Å². The van der Waals surface area contributed by atoms with Crippen LogP contribution in [0.2, 0.25) is 5.02 Å². The quantitative estimate of drug-likeness (QED) is 0.405. The van der Waals surface area contributed by atoms with E-state index < -0.39 is 23.8 Å². The number of rotatable bonds is 6. The summed E-state index contributed by atoms with van der Waals surface area (Å²) < 4.78 is 5.70. The second kappa shape index (κ2) is 9.60. The van der Waals surface area contributed by atoms with Gasteiger partial charge in [0.05, 0.1) is 16.3 Å². The molecule has 4 amide bonds. The van der Waals surface area contributed by atoms with Crippen LogP contribution in [0.4, 0.5) is 10.5 Å². The maximum atomic E-state index is 13.0. The Labute approximate surface area is 199 Å². The van der Waals surface area contributed by atoms with Gasteiger partial charge in [-0.1, -0.05) is 48.0 Å². The van der Waals surface area contributed by atoms with Gasteiger partial charge < -0.3 is 9.84 Å². The lowest BCUT2D eigenvalue weighted by Gasteiger charge is -2.27. The van der Waals surface area contributed by atoms with E-state index >= 15 is 0 Å². The van der Waals surface area contributed by atoms with Crippen molar-refractivity contribution in [3.63, 3.8) is 0 Å². The number of imide groups is 2. The third-order valence-corrected chi connectivity index (χ3v) is 5.31. The number of amides is 4. The van der Waals surface area contributed by atoms with Gasteiger partial charge in [0, 0.05) is 0 Å². The van der Waals surface area contributed by atoms with E-state index in [9.17, 15) is 19.2 Å². The van der Waals surface area contributed by atoms with Gasteiger partial charge in [0.2, 0.25) is 0 Å². The van der Waals surface area contributed by atoms with Crippen LogP contribution in [0, 0.1) is 0 Å². The summed E-state index contributed by atoms with van der Waals surface area (Å²) in [7, 11) is 0. The Morgan fingerprint density at radius 3 is 2.29 bits per heavy atom. The lowest BCUT2D eigenvalue weighted by molar-refractivity contribution is -0.122. The smallest absolute Gasteiger partial charge is 0.335 e. The molecule has 1 fully saturated rings. The van der Waals surface area contributed by atoms with Gasteiger partial charge in [0.15, 0.2) is 0 Å². The van der Waals surface area contributed by atoms with E-state index in [4.69, 9.17) is 21.4 Å². The molecule has 0 spiro atoms. The van der Waals surface area contributed by atoms with Crippen LogP contribution in [-0.4, -0.2) is 28.9 Å². The molecule has 0 radical (unpaired) electrons. The highest BCUT2D eigenvalue weighted by Crippen LogP contribution is 2.29. The van der Waals surface area contributed by atoms with E-state index in [0.717, 1.165) is 10.5 Å². The zero-order valence-corrected chi connectivity index (χ0v) is 18.3. The largest absolute Gasteiger partial charge is 0.489 e. The highest BCUT2D eigenvalue weighted by molar-refractivity contribution is 6.42. The Hall–Kier alpha value is -4.43. The van der Waals surface area contributed by atoms with Crippen LogP contribution >= 0.6 is 11.6 Å². The normalized spacial score (nSPS) is 14.8. The molecule has 1 aliphatic rings. The fourth-order valence-corrected chi connectivity index (χ4v) is 3.47. The summed E-state index contributed by atoms with van der Waals surface area (Å²) in [6, 6.07) is 18.4. The lowest BCUT2D eigenvalue weighted by atomic mass is 10.1. The molecule has 3 aromatic rings. The number of carbonyl (C=O) groups is 4. The maximum Gasteiger partial charge on any atom is 0.335 e. The van der Waals surface area contributed by atoms with Gasteiger partial charge >= 0.3 is 12.0 Å². The Bertz CT molecular complexity index is 1320. The summed E-state index contributed by atoms with van der Waals surface area (Å²) in [5.74, 6) is -2.05. The van der Waals surface area contributed by atoms with E-state index in [1.807, 2.05) is 0 Å². The Kier molecular flexibility index (Phi) is 6.42. The van der Waals surface area contributed by atoms with Crippen molar-refractivity contribution in [2.75, 3.05) is 4.90 Å². The number of nitrogens with one attached hydrogen (secondary N) is 1. The zero-order chi connectivity index (χ0) is 24.2. The van der Waals surface area contributed by atoms with Crippen LogP contribution in [0.1, 0.15) is 21.5 Å². The molecule has 9 heteroatoms. The van der Waals surface area contributed by atoms with Gasteiger partial charge in [-0.25, -0.2) is 14.5 Å². The molecule has 1 saturated heterocycles. The topological polar surface area (TPSA) is 113 Å². The molecule has 0 bridgehead atoms. The fourth-order valence-electron chi connectivity index (χ4n) is 3.25. The Morgan fingerprint density at radius 2 is 1.65 bits per heavy atom. The van der Waals surface area contributed by atoms with E-state index in [1.165, 1.54) is 30.3 Å². The van der Waals surface area contributed by atoms with Crippen molar-refractivity contribution in [3.05, 3.63) is 100 Å². The summed E-state index contributed by atoms with van der Waals surface area (Å²) in [4.78, 5) is 49.3. The van der Waals surface area contributed by atoms with Crippen LogP contribution in [0.15, 0.2) is 78.4 Å². The van der Waals surface area contributed by atoms with Gasteiger partial charge in [-0.3, -0.25) is 14.9 Å². The summed E-state index contributed by atoms with van der Waals surface area (Å²) in [5, 5.41) is 11.3. The van der Waals surface area contributed by atoms with Crippen LogP contribution in [-0.2, 0) is 16.2 Å². The zero-order valence-electron chi connectivity index (χ0n) is 17.5. The number of hydrogen-bond acceptors (Lipinski definition) is 5. The van der Waals surface area contributed by atoms with Crippen molar-refractivity contribution in [1.29, 1.82) is 0 Å². The first kappa shape index (κ1) is 22.8. The van der Waals surface area contributed by atoms with Crippen LogP contribution < -0.4 is 15.0 Å². The number of ether oxygens (including phenoxy) is 1. The number of carboxylic acids is 1. The number of aromatic carboxylic acids is 1. The van der Waals surface area contributed by atoms with Crippen molar-refractivity contribution >= 4 is 47.2 Å². The summed E-state index contributed by atoms with van der Waals surface area (Å²) in [6.07, 6.45) is 1.38. The first-order valence-electron chi connectivity index (χ1n) is 10.0. The van der Waals surface area contributed by atoms with E-state index in [0.29, 0.717) is 11.3 Å². The number of hydrogen-bond donors (Lipinski definition) is 2. The van der Waals surface area contributed by atoms with Crippen molar-refractivity contribution in [1.82, 2.24) is 5.32 Å². The molecule has 4 rings (SSSR count). The summed E-state index contributed by atoms with van der Waals surface area (Å²) in [5.41, 5.74) is 1.49. The molecule has 8 nitrogen and oxygen atoms in total. The predicted molar refractivity (Wildman–Crippen MR) is 125 cm³/mol. The Balaban J connectivity index is 1.49. The molecule has 0 saturated carbocycles. The Morgan fingerprint density at radius 1 is 0.971 bits per heavy atom. The molecule has 1 heterocycles. The van der Waals surface area contributed by atoms with Crippen molar-refractivity contribution in [3.8, 4) is 5.75 Å². The third-order valence-electron chi connectivity index (χ3n) is 4.99. The molecule has 3 aromatic carbocycles. The number of benzene rings is 3. The number of nitrogens with zero attached hydrogens (tertiary/aromatic N) is 1. The molecule has 0 aliphatic carbocycles. The molecular weight excluding hydrogens is 460 g/mol. The molecular formula is C25H17ClN2O6. The van der Waals surface area contributed by atoms with E-state index in [1.54, 1.807) is 48.5 Å². The van der Waals surface area contributed by atoms with Gasteiger partial charge in [-0.15, -0.1) is 0 Å². The minimum absolute atomic E-state index is 0.171. The molecule has 0 atom stereocenters. The minimum Gasteiger partial charge on any atom is -0.489 e. The van der Waals surface area contributed by atoms with Crippen LogP contribution in [0.5, 0.6) is 5.75 Å². The lowest BCUT2D eigenvalue weighted by Crippen LogP contribution is -2.54. The first-order chi connectivity index (χ1) is 16.3. The van der Waals surface area contributed by atoms with Crippen LogP contribution in [0.3, 0.4) is 0 Å². The molecule has 0 unspecified atom stereocenters. The van der Waals surface area contributed by atoms with Crippen molar-refractivity contribution in [2.24, 2.45) is 0 Å². The number of barbiturate groups is 1. The van der Waals surface area contributed by atoms with Gasteiger partial charge in [-0.05, 0) is 53.6 Å². The average molecular weight is 477 g/mol. The van der Waals surface area contributed by atoms with Gasteiger partial charge in [0.25, 0.3) is 11.8 Å². The van der Waals surface area contributed by atoms with Crippen molar-refractivity contribution in [2.45, 2.75) is 6.61 Å². The number of carboxylic acid groups (broad SMARTS) is 1. The first-order valence-corrected chi connectivity index (χ1v) is 10.4. The minimum atomic E-state index is -0.998. The number of urea groups is 1. The molecule has 170 valence electrons. The molecule has 0 aromatic heterocycles. The van der Waals surface area contributed by atoms with Gasteiger partial charge in [-0.2, -0.15) is 0 Å². The average Bonchev–Trinajstić information content (AvgIpc) is 2.82. The SMILES string of the molecule is O=C1NC(=O)N(c2ccccc2Cl)C(=O)/C1=C/c1ccc(OCc2ccc(C(=O)O)cc2)cc1. The second-order valence-electron chi connectivity index (χ2n) is 7.27. The summed E-state index contributed by atoms with van der Waals surface area (Å²) in [6.45, 7) is 0.232. The number of halogens is 1. The third kappa shape index (κ3) is 4.82.